The second-order valence-corrected chi connectivity index (χ2v) is 14.3. The van der Waals surface area contributed by atoms with Gasteiger partial charge in [-0.05, 0) is 115 Å². The molecule has 0 unspecified atom stereocenters. The van der Waals surface area contributed by atoms with Crippen molar-refractivity contribution >= 4 is 16.8 Å². The molecule has 0 atom stereocenters. The van der Waals surface area contributed by atoms with Gasteiger partial charge < -0.3 is 0 Å². The van der Waals surface area contributed by atoms with Crippen molar-refractivity contribution in [2.75, 3.05) is 0 Å². The Labute approximate surface area is 320 Å². The van der Waals surface area contributed by atoms with Crippen molar-refractivity contribution in [3.63, 3.8) is 0 Å². The molecule has 0 amide bonds. The van der Waals surface area contributed by atoms with Crippen molar-refractivity contribution in [2.24, 2.45) is 0 Å². The molecule has 260 valence electrons. The average Bonchev–Trinajstić information content (AvgIpc) is 3.71. The van der Waals surface area contributed by atoms with Crippen LogP contribution in [-0.4, -0.2) is 0 Å². The molecule has 8 aromatic carbocycles. The number of fused-ring (bicyclic) bond motifs is 8. The fourth-order valence-corrected chi connectivity index (χ4v) is 9.84. The highest BCUT2D eigenvalue weighted by atomic mass is 14.5. The fourth-order valence-electron chi connectivity index (χ4n) is 9.84. The molecule has 0 fully saturated rings. The Morgan fingerprint density at radius 2 is 0.815 bits per heavy atom. The molecular formula is C54H44. The molecule has 0 nitrogen and oxygen atoms in total. The van der Waals surface area contributed by atoms with Crippen LogP contribution in [0.1, 0.15) is 76.4 Å². The summed E-state index contributed by atoms with van der Waals surface area (Å²) in [6.07, 6.45) is 4.52. The van der Waals surface area contributed by atoms with Gasteiger partial charge in [0.2, 0.25) is 0 Å². The van der Waals surface area contributed by atoms with E-state index in [9.17, 15) is 0 Å². The van der Waals surface area contributed by atoms with Crippen molar-refractivity contribution in [1.82, 2.24) is 0 Å². The molecule has 54 heavy (non-hydrogen) atoms. The van der Waals surface area contributed by atoms with Crippen molar-refractivity contribution in [2.45, 2.75) is 38.5 Å². The lowest BCUT2D eigenvalue weighted by molar-refractivity contribution is 0.759. The number of allylic oxidation sites excluding steroid dienone is 1. The highest BCUT2D eigenvalue weighted by molar-refractivity contribution is 6.06. The van der Waals surface area contributed by atoms with E-state index in [1.165, 1.54) is 88.7 Å². The topological polar surface area (TPSA) is 0 Å². The molecule has 0 N–H and O–H groups in total. The van der Waals surface area contributed by atoms with Crippen LogP contribution in [0.3, 0.4) is 0 Å². The lowest BCUT2D eigenvalue weighted by Crippen LogP contribution is -2.30. The summed E-state index contributed by atoms with van der Waals surface area (Å²) < 4.78 is 0. The summed E-state index contributed by atoms with van der Waals surface area (Å²) in [5.41, 5.74) is 17.3. The Morgan fingerprint density at radius 3 is 1.30 bits per heavy atom. The third-order valence-electron chi connectivity index (χ3n) is 11.9. The van der Waals surface area contributed by atoms with Crippen molar-refractivity contribution in [3.05, 3.63) is 244 Å². The molecule has 0 aliphatic heterocycles. The van der Waals surface area contributed by atoms with Gasteiger partial charge in [0.25, 0.3) is 0 Å². The fraction of sp³-hybridized carbons (Fsp3) is 0.111. The second-order valence-electron chi connectivity index (χ2n) is 14.3. The van der Waals surface area contributed by atoms with E-state index >= 15 is 0 Å². The maximum absolute atomic E-state index is 2.60. The molecule has 0 saturated carbocycles. The predicted octanol–water partition coefficient (Wildman–Crippen LogP) is 13.9. The van der Waals surface area contributed by atoms with Crippen LogP contribution in [0.15, 0.2) is 188 Å². The Balaban J connectivity index is 0.00000189. The smallest absolute Gasteiger partial charge is 0.0714 e. The first kappa shape index (κ1) is 33.6. The molecule has 0 heterocycles. The monoisotopic (exact) mass is 692 g/mol. The van der Waals surface area contributed by atoms with Crippen LogP contribution in [0.2, 0.25) is 0 Å². The molecule has 0 bridgehead atoms. The van der Waals surface area contributed by atoms with E-state index in [2.05, 4.69) is 208 Å². The van der Waals surface area contributed by atoms with Crippen LogP contribution < -0.4 is 0 Å². The van der Waals surface area contributed by atoms with E-state index in [4.69, 9.17) is 0 Å². The highest BCUT2D eigenvalue weighted by Crippen LogP contribution is 2.64. The third-order valence-corrected chi connectivity index (χ3v) is 11.9. The summed E-state index contributed by atoms with van der Waals surface area (Å²) in [5, 5.41) is 2.55. The van der Waals surface area contributed by atoms with E-state index < -0.39 is 10.8 Å². The molecule has 8 aromatic rings. The van der Waals surface area contributed by atoms with Crippen molar-refractivity contribution in [1.29, 1.82) is 0 Å². The molecule has 0 heteroatoms. The standard InChI is InChI=1S/C52H38.C2H6/c1-3-18-41-35(2)29-31-45-49(41)43-33-48-44(34-47(43)51(45,37-20-8-4-9-21-37)38-22-10-5-11-23-38)50-42-28-17-16-19-36(42)30-32-46(50)52(48,39-24-12-6-13-25-39)40-26-14-7-15-27-40;1-2/h3-34H,1-2H3;1-2H3/b18-3-;. The summed E-state index contributed by atoms with van der Waals surface area (Å²) in [6.45, 7) is 8.39. The summed E-state index contributed by atoms with van der Waals surface area (Å²) in [6, 6.07) is 68.4. The molecule has 0 radical (unpaired) electrons. The zero-order valence-corrected chi connectivity index (χ0v) is 31.5. The third kappa shape index (κ3) is 4.56. The van der Waals surface area contributed by atoms with Gasteiger partial charge in [-0.25, -0.2) is 0 Å². The maximum Gasteiger partial charge on any atom is 0.0714 e. The Kier molecular flexibility index (Phi) is 8.28. The maximum atomic E-state index is 2.60. The largest absolute Gasteiger partial charge is 0.0870 e. The van der Waals surface area contributed by atoms with Crippen LogP contribution in [0, 0.1) is 6.92 Å². The van der Waals surface area contributed by atoms with Crippen molar-refractivity contribution < 1.29 is 0 Å². The van der Waals surface area contributed by atoms with Gasteiger partial charge in [-0.15, -0.1) is 0 Å². The summed E-state index contributed by atoms with van der Waals surface area (Å²) >= 11 is 0. The summed E-state index contributed by atoms with van der Waals surface area (Å²) in [7, 11) is 0. The van der Waals surface area contributed by atoms with Crippen LogP contribution in [0.4, 0.5) is 0 Å². The predicted molar refractivity (Wildman–Crippen MR) is 229 cm³/mol. The van der Waals surface area contributed by atoms with E-state index in [1.807, 2.05) is 13.8 Å². The lowest BCUT2D eigenvalue weighted by Gasteiger charge is -2.35. The highest BCUT2D eigenvalue weighted by Gasteiger charge is 2.52. The molecule has 0 spiro atoms. The Bertz CT molecular complexity index is 2590. The van der Waals surface area contributed by atoms with Gasteiger partial charge in [0.1, 0.15) is 0 Å². The first-order valence-corrected chi connectivity index (χ1v) is 19.4. The number of benzene rings is 8. The minimum Gasteiger partial charge on any atom is -0.0870 e. The number of hydrogen-bond donors (Lipinski definition) is 0. The first-order chi connectivity index (χ1) is 26.7. The van der Waals surface area contributed by atoms with Gasteiger partial charge in [0, 0.05) is 0 Å². The minimum absolute atomic E-state index is 0.512. The average molecular weight is 693 g/mol. The minimum atomic E-state index is -0.512. The van der Waals surface area contributed by atoms with Gasteiger partial charge in [-0.3, -0.25) is 0 Å². The van der Waals surface area contributed by atoms with E-state index in [0.717, 1.165) is 0 Å². The number of hydrogen-bond acceptors (Lipinski definition) is 0. The van der Waals surface area contributed by atoms with Gasteiger partial charge in [-0.1, -0.05) is 196 Å². The Hall–Kier alpha value is -6.24. The zero-order valence-electron chi connectivity index (χ0n) is 31.5. The van der Waals surface area contributed by atoms with Crippen LogP contribution >= 0.6 is 0 Å². The van der Waals surface area contributed by atoms with Gasteiger partial charge in [-0.2, -0.15) is 0 Å². The zero-order chi connectivity index (χ0) is 36.9. The lowest BCUT2D eigenvalue weighted by atomic mass is 9.66. The number of rotatable bonds is 5. The van der Waals surface area contributed by atoms with Crippen LogP contribution in [0.25, 0.3) is 39.1 Å². The second kappa shape index (κ2) is 13.3. The van der Waals surface area contributed by atoms with E-state index in [0.29, 0.717) is 0 Å². The molecule has 0 aromatic heterocycles. The van der Waals surface area contributed by atoms with E-state index in [-0.39, 0.29) is 0 Å². The van der Waals surface area contributed by atoms with E-state index in [1.54, 1.807) is 0 Å². The first-order valence-electron chi connectivity index (χ1n) is 19.4. The van der Waals surface area contributed by atoms with Gasteiger partial charge in [0.05, 0.1) is 10.8 Å². The summed E-state index contributed by atoms with van der Waals surface area (Å²) in [5.74, 6) is 0. The quantitative estimate of drug-likeness (QED) is 0.168. The summed E-state index contributed by atoms with van der Waals surface area (Å²) in [4.78, 5) is 0. The molecule has 2 aliphatic carbocycles. The molecule has 10 rings (SSSR count). The van der Waals surface area contributed by atoms with Crippen molar-refractivity contribution in [3.8, 4) is 22.3 Å². The normalized spacial score (nSPS) is 14.1. The van der Waals surface area contributed by atoms with Crippen LogP contribution in [-0.2, 0) is 10.8 Å². The molecular weight excluding hydrogens is 649 g/mol. The molecule has 2 aliphatic rings. The molecule has 0 saturated heterocycles. The van der Waals surface area contributed by atoms with Gasteiger partial charge >= 0.3 is 0 Å². The van der Waals surface area contributed by atoms with Gasteiger partial charge in [0.15, 0.2) is 0 Å². The SMILES string of the molecule is C/C=C\c1c(C)ccc2c1-c1cc3c(cc1C2(c1ccccc1)c1ccccc1)-c1c(ccc2ccccc12)C3(c1ccccc1)c1ccccc1.CC. The Morgan fingerprint density at radius 1 is 0.407 bits per heavy atom. The number of aryl methyl sites for hydroxylation is 1. The van der Waals surface area contributed by atoms with Crippen LogP contribution in [0.5, 0.6) is 0 Å².